The van der Waals surface area contributed by atoms with Gasteiger partial charge in [0.05, 0.1) is 23.3 Å². The van der Waals surface area contributed by atoms with Gasteiger partial charge >= 0.3 is 5.97 Å². The molecule has 1 aliphatic rings. The van der Waals surface area contributed by atoms with E-state index in [-0.39, 0.29) is 16.2 Å². The third kappa shape index (κ3) is 2.35. The van der Waals surface area contributed by atoms with E-state index >= 15 is 0 Å². The molecule has 0 saturated carbocycles. The lowest BCUT2D eigenvalue weighted by molar-refractivity contribution is -0.137. The number of rotatable bonds is 4. The fourth-order valence-electron chi connectivity index (χ4n) is 2.14. The largest absolute Gasteiger partial charge is 0.497 e. The van der Waals surface area contributed by atoms with Gasteiger partial charge in [0, 0.05) is 5.92 Å². The quantitative estimate of drug-likeness (QED) is 0.912. The molecule has 1 aliphatic heterocycles. The number of hydrogen-bond donors (Lipinski definition) is 1. The number of carboxylic acid groups (broad SMARTS) is 1. The first-order valence-corrected chi connectivity index (χ1v) is 7.21. The van der Waals surface area contributed by atoms with Gasteiger partial charge in [-0.15, -0.1) is 0 Å². The van der Waals surface area contributed by atoms with E-state index in [1.807, 2.05) is 0 Å². The molecule has 0 radical (unpaired) electrons. The van der Waals surface area contributed by atoms with E-state index < -0.39 is 21.7 Å². The molecule has 0 saturated heterocycles. The Morgan fingerprint density at radius 2 is 2.11 bits per heavy atom. The van der Waals surface area contributed by atoms with Crippen molar-refractivity contribution in [2.45, 2.75) is 18.2 Å². The summed E-state index contributed by atoms with van der Waals surface area (Å²) < 4.78 is 29.7. The van der Waals surface area contributed by atoms with Gasteiger partial charge in [-0.05, 0) is 29.8 Å². The zero-order valence-corrected chi connectivity index (χ0v) is 11.4. The number of aliphatic carboxylic acids is 1. The van der Waals surface area contributed by atoms with Crippen LogP contribution in [-0.2, 0) is 14.6 Å². The highest BCUT2D eigenvalue weighted by Crippen LogP contribution is 2.39. The molecule has 2 rings (SSSR count). The average Bonchev–Trinajstić information content (AvgIpc) is 2.60. The van der Waals surface area contributed by atoms with Crippen molar-refractivity contribution in [3.8, 4) is 5.75 Å². The number of allylic oxidation sites excluding steroid dienone is 1. The second-order valence-electron chi connectivity index (χ2n) is 4.45. The van der Waals surface area contributed by atoms with Crippen LogP contribution in [0.1, 0.15) is 18.9 Å². The summed E-state index contributed by atoms with van der Waals surface area (Å²) in [5.41, 5.74) is 0.548. The lowest BCUT2D eigenvalue weighted by Crippen LogP contribution is -2.12. The highest BCUT2D eigenvalue weighted by Gasteiger charge is 2.33. The van der Waals surface area contributed by atoms with Crippen molar-refractivity contribution in [2.24, 2.45) is 5.92 Å². The second-order valence-corrected chi connectivity index (χ2v) is 6.37. The van der Waals surface area contributed by atoms with Crippen LogP contribution >= 0.6 is 0 Å². The number of ether oxygens (including phenoxy) is 1. The maximum atomic E-state index is 12.3. The van der Waals surface area contributed by atoms with Crippen LogP contribution in [0.5, 0.6) is 5.75 Å². The van der Waals surface area contributed by atoms with Crippen molar-refractivity contribution in [3.63, 3.8) is 0 Å². The number of carboxylic acids is 1. The van der Waals surface area contributed by atoms with Gasteiger partial charge in [-0.25, -0.2) is 8.42 Å². The van der Waals surface area contributed by atoms with Crippen molar-refractivity contribution in [1.29, 1.82) is 0 Å². The molecule has 1 atom stereocenters. The topological polar surface area (TPSA) is 80.7 Å². The highest BCUT2D eigenvalue weighted by molar-refractivity contribution is 7.95. The predicted molar refractivity (Wildman–Crippen MR) is 69.6 cm³/mol. The molecule has 5 nitrogen and oxygen atoms in total. The summed E-state index contributed by atoms with van der Waals surface area (Å²) in [6.45, 7) is 1.60. The van der Waals surface area contributed by atoms with Crippen LogP contribution in [0.2, 0.25) is 0 Å². The van der Waals surface area contributed by atoms with Gasteiger partial charge < -0.3 is 9.84 Å². The molecule has 0 bridgehead atoms. The van der Waals surface area contributed by atoms with E-state index in [0.29, 0.717) is 11.3 Å². The maximum absolute atomic E-state index is 12.3. The first-order valence-electron chi connectivity index (χ1n) is 5.72. The van der Waals surface area contributed by atoms with E-state index in [1.54, 1.807) is 19.1 Å². The van der Waals surface area contributed by atoms with Crippen molar-refractivity contribution in [3.05, 3.63) is 28.7 Å². The minimum atomic E-state index is -3.57. The minimum Gasteiger partial charge on any atom is -0.497 e. The van der Waals surface area contributed by atoms with E-state index in [1.165, 1.54) is 19.3 Å². The van der Waals surface area contributed by atoms with Crippen molar-refractivity contribution < 1.29 is 23.1 Å². The number of carbonyl (C=O) groups is 1. The highest BCUT2D eigenvalue weighted by atomic mass is 32.2. The molecule has 1 heterocycles. The van der Waals surface area contributed by atoms with Crippen LogP contribution < -0.4 is 4.74 Å². The number of benzene rings is 1. The SMILES string of the molecule is COc1ccc2c(c1)C=C(C(C)CC(=O)O)S2(=O)=O. The Kier molecular flexibility index (Phi) is 3.36. The van der Waals surface area contributed by atoms with Gasteiger partial charge in [-0.1, -0.05) is 6.92 Å². The number of sulfone groups is 1. The van der Waals surface area contributed by atoms with Crippen LogP contribution in [0, 0.1) is 5.92 Å². The molecular formula is C13H14O5S. The standard InChI is InChI=1S/C13H14O5S/c1-8(5-13(14)15)12-7-9-6-10(18-2)3-4-11(9)19(12,16)17/h3-4,6-8H,5H2,1-2H3,(H,14,15). The minimum absolute atomic E-state index is 0.151. The average molecular weight is 282 g/mol. The molecule has 0 fully saturated rings. The Labute approximate surface area is 111 Å². The van der Waals surface area contributed by atoms with Crippen LogP contribution in [0.3, 0.4) is 0 Å². The molecule has 1 aromatic carbocycles. The van der Waals surface area contributed by atoms with Gasteiger partial charge in [0.1, 0.15) is 5.75 Å². The maximum Gasteiger partial charge on any atom is 0.303 e. The second kappa shape index (κ2) is 4.70. The molecule has 0 aliphatic carbocycles. The first kappa shape index (κ1) is 13.6. The molecule has 19 heavy (non-hydrogen) atoms. The fraction of sp³-hybridized carbons (Fsp3) is 0.308. The van der Waals surface area contributed by atoms with Crippen molar-refractivity contribution in [2.75, 3.05) is 7.11 Å². The monoisotopic (exact) mass is 282 g/mol. The molecule has 1 unspecified atom stereocenters. The summed E-state index contributed by atoms with van der Waals surface area (Å²) in [5.74, 6) is -1.00. The third-order valence-corrected chi connectivity index (χ3v) is 5.17. The smallest absolute Gasteiger partial charge is 0.303 e. The summed E-state index contributed by atoms with van der Waals surface area (Å²) >= 11 is 0. The summed E-state index contributed by atoms with van der Waals surface area (Å²) in [7, 11) is -2.07. The number of methoxy groups -OCH3 is 1. The van der Waals surface area contributed by atoms with E-state index in [9.17, 15) is 13.2 Å². The van der Waals surface area contributed by atoms with E-state index in [2.05, 4.69) is 0 Å². The fourth-order valence-corrected chi connectivity index (χ4v) is 3.96. The normalized spacial score (nSPS) is 17.5. The first-order chi connectivity index (χ1) is 8.86. The lowest BCUT2D eigenvalue weighted by Gasteiger charge is -2.10. The third-order valence-electron chi connectivity index (χ3n) is 3.08. The number of hydrogen-bond acceptors (Lipinski definition) is 4. The van der Waals surface area contributed by atoms with Gasteiger partial charge in [-0.3, -0.25) is 4.79 Å². The van der Waals surface area contributed by atoms with Gasteiger partial charge in [0.25, 0.3) is 0 Å². The summed E-state index contributed by atoms with van der Waals surface area (Å²) in [5, 5.41) is 8.77. The lowest BCUT2D eigenvalue weighted by atomic mass is 10.1. The molecular weight excluding hydrogens is 268 g/mol. The Balaban J connectivity index is 2.46. The van der Waals surface area contributed by atoms with Crippen LogP contribution in [0.4, 0.5) is 0 Å². The summed E-state index contributed by atoms with van der Waals surface area (Å²) in [4.78, 5) is 11.1. The zero-order chi connectivity index (χ0) is 14.2. The molecule has 0 amide bonds. The molecule has 6 heteroatoms. The molecule has 0 spiro atoms. The summed E-state index contributed by atoms with van der Waals surface area (Å²) in [6.07, 6.45) is 1.32. The molecule has 0 aromatic heterocycles. The summed E-state index contributed by atoms with van der Waals surface area (Å²) in [6, 6.07) is 4.70. The Bertz CT molecular complexity index is 658. The van der Waals surface area contributed by atoms with Crippen molar-refractivity contribution >= 4 is 21.9 Å². The molecule has 1 N–H and O–H groups in total. The van der Waals surface area contributed by atoms with Gasteiger partial charge in [0.2, 0.25) is 9.84 Å². The number of fused-ring (bicyclic) bond motifs is 1. The van der Waals surface area contributed by atoms with Crippen LogP contribution in [-0.4, -0.2) is 26.6 Å². The Hall–Kier alpha value is -1.82. The molecule has 102 valence electrons. The van der Waals surface area contributed by atoms with Crippen LogP contribution in [0.15, 0.2) is 28.0 Å². The molecule has 1 aromatic rings. The van der Waals surface area contributed by atoms with Crippen molar-refractivity contribution in [1.82, 2.24) is 0 Å². The zero-order valence-electron chi connectivity index (χ0n) is 10.6. The van der Waals surface area contributed by atoms with Gasteiger partial charge in [0.15, 0.2) is 0 Å². The predicted octanol–water partition coefficient (Wildman–Crippen LogP) is 1.93. The Morgan fingerprint density at radius 1 is 1.42 bits per heavy atom. The van der Waals surface area contributed by atoms with E-state index in [4.69, 9.17) is 9.84 Å². The van der Waals surface area contributed by atoms with Crippen LogP contribution in [0.25, 0.3) is 6.08 Å². The Morgan fingerprint density at radius 3 is 2.68 bits per heavy atom. The van der Waals surface area contributed by atoms with Gasteiger partial charge in [-0.2, -0.15) is 0 Å². The van der Waals surface area contributed by atoms with E-state index in [0.717, 1.165) is 0 Å².